The van der Waals surface area contributed by atoms with Gasteiger partial charge in [-0.2, -0.15) is 5.26 Å². The number of methoxy groups -OCH3 is 1. The number of nitrogens with zero attached hydrogens (tertiary/aromatic N) is 2. The molecule has 0 saturated heterocycles. The predicted octanol–water partition coefficient (Wildman–Crippen LogP) is 0.528. The first kappa shape index (κ1) is 28.9. The van der Waals surface area contributed by atoms with Gasteiger partial charge in [0.1, 0.15) is 30.8 Å². The quantitative estimate of drug-likeness (QED) is 0.297. The lowest BCUT2D eigenvalue weighted by molar-refractivity contribution is -0.144. The number of nitrogens with two attached hydrogens (primary N) is 1. The number of nitrogens with one attached hydrogen (secondary N) is 2. The fourth-order valence-corrected chi connectivity index (χ4v) is 3.00. The third-order valence-electron chi connectivity index (χ3n) is 4.50. The lowest BCUT2D eigenvalue weighted by Gasteiger charge is -2.32. The van der Waals surface area contributed by atoms with Crippen LogP contribution < -0.4 is 16.4 Å². The molecule has 0 bridgehead atoms. The molecule has 2 atom stereocenters. The number of rotatable bonds is 11. The molecule has 1 aromatic rings. The van der Waals surface area contributed by atoms with Crippen molar-refractivity contribution in [3.05, 3.63) is 35.9 Å². The van der Waals surface area contributed by atoms with Crippen molar-refractivity contribution in [2.75, 3.05) is 20.2 Å². The first-order valence-corrected chi connectivity index (χ1v) is 10.7. The second-order valence-electron chi connectivity index (χ2n) is 8.44. The van der Waals surface area contributed by atoms with Gasteiger partial charge in [-0.05, 0) is 32.8 Å². The van der Waals surface area contributed by atoms with Gasteiger partial charge < -0.3 is 30.7 Å². The molecule has 0 aliphatic heterocycles. The molecule has 0 aliphatic carbocycles. The smallest absolute Gasteiger partial charge is 0.408 e. The molecule has 2 unspecified atom stereocenters. The third-order valence-corrected chi connectivity index (χ3v) is 4.50. The molecular weight excluding hydrogens is 458 g/mol. The number of nitriles is 1. The lowest BCUT2D eigenvalue weighted by atomic mass is 10.0. The number of amides is 4. The highest BCUT2D eigenvalue weighted by Crippen LogP contribution is 2.23. The SMILES string of the molecule is COC(=O)CNC(=O)C(c1ccccc1)N(CC#N)C(=O)C(CCC(N)=O)NC(=O)OC(C)(C)C. The molecule has 12 nitrogen and oxygen atoms in total. The Morgan fingerprint density at radius 3 is 2.29 bits per heavy atom. The van der Waals surface area contributed by atoms with Gasteiger partial charge in [-0.3, -0.25) is 19.2 Å². The van der Waals surface area contributed by atoms with Crippen molar-refractivity contribution >= 4 is 29.8 Å². The van der Waals surface area contributed by atoms with Gasteiger partial charge in [0, 0.05) is 6.42 Å². The van der Waals surface area contributed by atoms with E-state index in [1.54, 1.807) is 51.1 Å². The normalized spacial score (nSPS) is 12.3. The van der Waals surface area contributed by atoms with Crippen LogP contribution in [0.3, 0.4) is 0 Å². The number of benzene rings is 1. The molecule has 12 heteroatoms. The number of hydrogen-bond acceptors (Lipinski definition) is 8. The van der Waals surface area contributed by atoms with E-state index in [2.05, 4.69) is 15.4 Å². The van der Waals surface area contributed by atoms with Crippen LogP contribution in [0.4, 0.5) is 4.79 Å². The van der Waals surface area contributed by atoms with Gasteiger partial charge in [0.2, 0.25) is 17.7 Å². The van der Waals surface area contributed by atoms with Crippen molar-refractivity contribution in [1.82, 2.24) is 15.5 Å². The van der Waals surface area contributed by atoms with Crippen LogP contribution in [0.2, 0.25) is 0 Å². The summed E-state index contributed by atoms with van der Waals surface area (Å²) in [6, 6.07) is 7.28. The van der Waals surface area contributed by atoms with Crippen LogP contribution in [-0.2, 0) is 28.7 Å². The number of alkyl carbamates (subject to hydrolysis) is 1. The number of hydrogen-bond donors (Lipinski definition) is 3. The highest BCUT2D eigenvalue weighted by molar-refractivity contribution is 5.93. The Kier molecular flexibility index (Phi) is 11.2. The summed E-state index contributed by atoms with van der Waals surface area (Å²) in [4.78, 5) is 62.8. The Labute approximate surface area is 203 Å². The average Bonchev–Trinajstić information content (AvgIpc) is 2.78. The maximum atomic E-state index is 13.5. The van der Waals surface area contributed by atoms with Gasteiger partial charge in [-0.15, -0.1) is 0 Å². The second kappa shape index (κ2) is 13.5. The molecule has 190 valence electrons. The zero-order valence-electron chi connectivity index (χ0n) is 20.2. The molecule has 0 aliphatic rings. The minimum atomic E-state index is -1.33. The maximum absolute atomic E-state index is 13.5. The van der Waals surface area contributed by atoms with Gasteiger partial charge in [0.05, 0.1) is 13.2 Å². The van der Waals surface area contributed by atoms with Crippen LogP contribution in [0, 0.1) is 11.3 Å². The van der Waals surface area contributed by atoms with Crippen molar-refractivity contribution in [2.24, 2.45) is 5.73 Å². The molecule has 0 heterocycles. The Hall–Kier alpha value is -4.14. The van der Waals surface area contributed by atoms with Crippen molar-refractivity contribution in [2.45, 2.75) is 51.3 Å². The topological polar surface area (TPSA) is 181 Å². The van der Waals surface area contributed by atoms with Gasteiger partial charge >= 0.3 is 12.1 Å². The molecule has 0 aromatic heterocycles. The first-order valence-electron chi connectivity index (χ1n) is 10.7. The molecule has 0 radical (unpaired) electrons. The zero-order valence-corrected chi connectivity index (χ0v) is 20.2. The molecule has 0 saturated carbocycles. The third kappa shape index (κ3) is 10.1. The van der Waals surface area contributed by atoms with E-state index >= 15 is 0 Å². The van der Waals surface area contributed by atoms with Gasteiger partial charge in [-0.1, -0.05) is 30.3 Å². The standard InChI is InChI=1S/C23H31N5O7/c1-23(2,3)35-22(33)27-16(10-11-17(25)29)21(32)28(13-12-24)19(15-8-6-5-7-9-15)20(31)26-14-18(30)34-4/h5-9,16,19H,10-11,13-14H2,1-4H3,(H2,25,29)(H,26,31)(H,27,33). The van der Waals surface area contributed by atoms with Crippen LogP contribution in [0.15, 0.2) is 30.3 Å². The van der Waals surface area contributed by atoms with Crippen LogP contribution in [0.25, 0.3) is 0 Å². The summed E-state index contributed by atoms with van der Waals surface area (Å²) < 4.78 is 9.73. The van der Waals surface area contributed by atoms with Crippen molar-refractivity contribution in [1.29, 1.82) is 5.26 Å². The number of esters is 1. The minimum absolute atomic E-state index is 0.194. The minimum Gasteiger partial charge on any atom is -0.468 e. The number of carbonyl (C=O) groups is 5. The Balaban J connectivity index is 3.36. The second-order valence-corrected chi connectivity index (χ2v) is 8.44. The van der Waals surface area contributed by atoms with Crippen LogP contribution in [0.5, 0.6) is 0 Å². The van der Waals surface area contributed by atoms with E-state index in [1.165, 1.54) is 0 Å². The summed E-state index contributed by atoms with van der Waals surface area (Å²) in [6.45, 7) is 3.89. The first-order chi connectivity index (χ1) is 16.4. The molecule has 0 fully saturated rings. The fraction of sp³-hybridized carbons (Fsp3) is 0.478. The molecule has 35 heavy (non-hydrogen) atoms. The zero-order chi connectivity index (χ0) is 26.6. The summed E-state index contributed by atoms with van der Waals surface area (Å²) in [5.41, 5.74) is 4.70. The summed E-state index contributed by atoms with van der Waals surface area (Å²) in [7, 11) is 1.15. The van der Waals surface area contributed by atoms with Crippen molar-refractivity contribution in [3.8, 4) is 6.07 Å². The fourth-order valence-electron chi connectivity index (χ4n) is 3.00. The largest absolute Gasteiger partial charge is 0.468 e. The summed E-state index contributed by atoms with van der Waals surface area (Å²) in [5, 5.41) is 14.2. The monoisotopic (exact) mass is 489 g/mol. The Bertz CT molecular complexity index is 953. The van der Waals surface area contributed by atoms with E-state index in [-0.39, 0.29) is 12.8 Å². The van der Waals surface area contributed by atoms with Crippen molar-refractivity contribution < 1.29 is 33.4 Å². The highest BCUT2D eigenvalue weighted by atomic mass is 16.6. The molecule has 4 amide bonds. The van der Waals surface area contributed by atoms with E-state index in [0.717, 1.165) is 12.0 Å². The summed E-state index contributed by atoms with van der Waals surface area (Å²) in [6.07, 6.45) is -1.37. The Morgan fingerprint density at radius 2 is 1.77 bits per heavy atom. The highest BCUT2D eigenvalue weighted by Gasteiger charge is 2.36. The average molecular weight is 490 g/mol. The van der Waals surface area contributed by atoms with E-state index in [4.69, 9.17) is 10.5 Å². The predicted molar refractivity (Wildman–Crippen MR) is 123 cm³/mol. The molecule has 4 N–H and O–H groups in total. The molecular formula is C23H31N5O7. The van der Waals surface area contributed by atoms with Crippen LogP contribution in [-0.4, -0.2) is 66.5 Å². The van der Waals surface area contributed by atoms with Gasteiger partial charge in [-0.25, -0.2) is 4.79 Å². The van der Waals surface area contributed by atoms with Crippen LogP contribution in [0.1, 0.15) is 45.2 Å². The summed E-state index contributed by atoms with van der Waals surface area (Å²) >= 11 is 0. The van der Waals surface area contributed by atoms with E-state index in [0.29, 0.717) is 5.56 Å². The Morgan fingerprint density at radius 1 is 1.14 bits per heavy atom. The van der Waals surface area contributed by atoms with Crippen LogP contribution >= 0.6 is 0 Å². The van der Waals surface area contributed by atoms with E-state index in [1.807, 2.05) is 6.07 Å². The number of ether oxygens (including phenoxy) is 2. The van der Waals surface area contributed by atoms with Crippen molar-refractivity contribution in [3.63, 3.8) is 0 Å². The number of carbonyl (C=O) groups excluding carboxylic acids is 5. The number of primary amides is 1. The maximum Gasteiger partial charge on any atom is 0.408 e. The molecule has 1 aromatic carbocycles. The lowest BCUT2D eigenvalue weighted by Crippen LogP contribution is -2.53. The summed E-state index contributed by atoms with van der Waals surface area (Å²) in [5.74, 6) is -3.00. The molecule has 1 rings (SSSR count). The molecule has 0 spiro atoms. The van der Waals surface area contributed by atoms with E-state index in [9.17, 15) is 29.2 Å². The van der Waals surface area contributed by atoms with Gasteiger partial charge in [0.15, 0.2) is 0 Å². The van der Waals surface area contributed by atoms with Gasteiger partial charge in [0.25, 0.3) is 0 Å². The van der Waals surface area contributed by atoms with E-state index < -0.39 is 60.6 Å².